The predicted molar refractivity (Wildman–Crippen MR) is 78.6 cm³/mol. The summed E-state index contributed by atoms with van der Waals surface area (Å²) in [5.74, 6) is -0.351. The Morgan fingerprint density at radius 3 is 2.45 bits per heavy atom. The van der Waals surface area contributed by atoms with Gasteiger partial charge in [-0.1, -0.05) is 12.1 Å². The van der Waals surface area contributed by atoms with Crippen molar-refractivity contribution in [3.05, 3.63) is 29.8 Å². The lowest BCUT2D eigenvalue weighted by atomic mass is 10.1. The van der Waals surface area contributed by atoms with Gasteiger partial charge < -0.3 is 14.4 Å². The number of ether oxygens (including phenoxy) is 1. The molecule has 8 heteroatoms. The predicted octanol–water partition coefficient (Wildman–Crippen LogP) is 3.06. The number of rotatable bonds is 6. The number of benzene rings is 1. The maximum atomic E-state index is 12.3. The van der Waals surface area contributed by atoms with Crippen molar-refractivity contribution in [1.29, 1.82) is 0 Å². The molecule has 0 aliphatic heterocycles. The van der Waals surface area contributed by atoms with Crippen LogP contribution in [0.2, 0.25) is 0 Å². The van der Waals surface area contributed by atoms with E-state index in [1.807, 2.05) is 0 Å². The van der Waals surface area contributed by atoms with Crippen LogP contribution in [0.25, 0.3) is 0 Å². The Morgan fingerprint density at radius 2 is 1.95 bits per heavy atom. The van der Waals surface area contributed by atoms with E-state index in [4.69, 9.17) is 5.11 Å². The number of aliphatic hydroxyl groups is 1. The summed E-state index contributed by atoms with van der Waals surface area (Å²) >= 11 is -1.42. The van der Waals surface area contributed by atoms with Gasteiger partial charge in [0.25, 0.3) is 0 Å². The summed E-state index contributed by atoms with van der Waals surface area (Å²) in [6, 6.07) is 4.88. The third-order valence-electron chi connectivity index (χ3n) is 2.72. The van der Waals surface area contributed by atoms with Crippen molar-refractivity contribution in [2.24, 2.45) is 0 Å². The molecule has 0 saturated heterocycles. The maximum absolute atomic E-state index is 12.3. The van der Waals surface area contributed by atoms with E-state index in [0.29, 0.717) is 5.56 Å². The minimum atomic E-state index is -4.77. The summed E-state index contributed by atoms with van der Waals surface area (Å²) in [5, 5.41) is 9.12. The van der Waals surface area contributed by atoms with Crippen LogP contribution in [0, 0.1) is 0 Å². The molecule has 1 aromatic rings. The molecule has 0 bridgehead atoms. The zero-order valence-electron chi connectivity index (χ0n) is 12.6. The van der Waals surface area contributed by atoms with Gasteiger partial charge in [-0.05, 0) is 44.9 Å². The molecule has 1 aromatic carbocycles. The van der Waals surface area contributed by atoms with Crippen LogP contribution < -0.4 is 9.46 Å². The summed E-state index contributed by atoms with van der Waals surface area (Å²) in [6.07, 6.45) is -4.55. The molecule has 0 fully saturated rings. The summed E-state index contributed by atoms with van der Waals surface area (Å²) in [7, 11) is 0. The number of hydrogen-bond acceptors (Lipinski definition) is 4. The van der Waals surface area contributed by atoms with Crippen molar-refractivity contribution in [3.63, 3.8) is 0 Å². The quantitative estimate of drug-likeness (QED) is 0.782. The van der Waals surface area contributed by atoms with Gasteiger partial charge in [0.15, 0.2) is 0 Å². The zero-order chi connectivity index (χ0) is 17.0. The van der Waals surface area contributed by atoms with Gasteiger partial charge in [-0.3, -0.25) is 0 Å². The van der Waals surface area contributed by atoms with Crippen LogP contribution in [0.3, 0.4) is 0 Å². The smallest absolute Gasteiger partial charge is 0.573 e. The molecule has 0 aromatic heterocycles. The topological polar surface area (TPSA) is 64.5 Å². The van der Waals surface area contributed by atoms with Crippen molar-refractivity contribution in [2.75, 3.05) is 6.61 Å². The Kier molecular flexibility index (Phi) is 6.54. The number of hydrogen-bond donors (Lipinski definition) is 2. The fraction of sp³-hybridized carbons (Fsp3) is 0.571. The monoisotopic (exact) mass is 339 g/mol. The van der Waals surface area contributed by atoms with Crippen LogP contribution in [-0.4, -0.2) is 27.4 Å². The van der Waals surface area contributed by atoms with E-state index in [2.05, 4.69) is 9.46 Å². The minimum absolute atomic E-state index is 0.191. The van der Waals surface area contributed by atoms with Gasteiger partial charge in [0.1, 0.15) is 10.5 Å². The molecule has 0 spiro atoms. The van der Waals surface area contributed by atoms with E-state index in [1.54, 1.807) is 26.8 Å². The number of alkyl halides is 3. The van der Waals surface area contributed by atoms with Gasteiger partial charge in [0.05, 0.1) is 6.04 Å². The van der Waals surface area contributed by atoms with Gasteiger partial charge in [-0.2, -0.15) is 0 Å². The third kappa shape index (κ3) is 6.43. The van der Waals surface area contributed by atoms with E-state index in [-0.39, 0.29) is 18.8 Å². The van der Waals surface area contributed by atoms with Crippen molar-refractivity contribution in [2.45, 2.75) is 44.3 Å². The van der Waals surface area contributed by atoms with Gasteiger partial charge in [-0.25, -0.2) is 0 Å². The van der Waals surface area contributed by atoms with Gasteiger partial charge in [-0.15, -0.1) is 17.9 Å². The van der Waals surface area contributed by atoms with Crippen molar-refractivity contribution in [1.82, 2.24) is 4.72 Å². The van der Waals surface area contributed by atoms with E-state index >= 15 is 0 Å². The van der Waals surface area contributed by atoms with Gasteiger partial charge in [0, 0.05) is 18.0 Å². The lowest BCUT2D eigenvalue weighted by Gasteiger charge is -2.28. The Labute approximate surface area is 131 Å². The lowest BCUT2D eigenvalue weighted by molar-refractivity contribution is -0.274. The maximum Gasteiger partial charge on any atom is 0.573 e. The van der Waals surface area contributed by atoms with Crippen LogP contribution in [0.1, 0.15) is 38.8 Å². The Balaban J connectivity index is 2.94. The standard InChI is InChI=1S/C14H20F3NO3S/c1-13(2,3)22(20)18-12(7-8-19)10-5-4-6-11(9-10)21-14(15,16)17/h4-6,9,12,18-19H,7-8H2,1-3H3/t12-,22?/m0/s1. The molecule has 0 aliphatic rings. The Bertz CT molecular complexity index is 477. The summed E-state index contributed by atoms with van der Waals surface area (Å²) in [6.45, 7) is 5.13. The molecule has 0 amide bonds. The first kappa shape index (κ1) is 19.1. The highest BCUT2D eigenvalue weighted by molar-refractivity contribution is 7.90. The average Bonchev–Trinajstić information content (AvgIpc) is 2.35. The SMILES string of the molecule is CC(C)(C)[S+]([O-])N[C@@H](CCO)c1cccc(OC(F)(F)F)c1. The number of halogens is 3. The van der Waals surface area contributed by atoms with Crippen LogP contribution in [-0.2, 0) is 11.4 Å². The first-order valence-electron chi connectivity index (χ1n) is 6.67. The van der Waals surface area contributed by atoms with Gasteiger partial charge >= 0.3 is 6.36 Å². The van der Waals surface area contributed by atoms with Crippen LogP contribution in [0.5, 0.6) is 5.75 Å². The second-order valence-electron chi connectivity index (χ2n) is 5.68. The van der Waals surface area contributed by atoms with E-state index < -0.39 is 28.5 Å². The van der Waals surface area contributed by atoms with Gasteiger partial charge in [0.2, 0.25) is 0 Å². The highest BCUT2D eigenvalue weighted by Crippen LogP contribution is 2.28. The third-order valence-corrected chi connectivity index (χ3v) is 4.33. The summed E-state index contributed by atoms with van der Waals surface area (Å²) in [5.41, 5.74) is 0.466. The molecule has 1 unspecified atom stereocenters. The second-order valence-corrected chi connectivity index (χ2v) is 7.68. The molecule has 0 saturated carbocycles. The average molecular weight is 339 g/mol. The van der Waals surface area contributed by atoms with Crippen LogP contribution in [0.15, 0.2) is 24.3 Å². The molecule has 0 aliphatic carbocycles. The van der Waals surface area contributed by atoms with E-state index in [0.717, 1.165) is 0 Å². The number of aliphatic hydroxyl groups excluding tert-OH is 1. The molecule has 2 N–H and O–H groups in total. The second kappa shape index (κ2) is 7.54. The number of nitrogens with one attached hydrogen (secondary N) is 1. The first-order chi connectivity index (χ1) is 10.0. The van der Waals surface area contributed by atoms with Crippen molar-refractivity contribution < 1.29 is 27.6 Å². The van der Waals surface area contributed by atoms with Crippen LogP contribution >= 0.6 is 0 Å². The fourth-order valence-electron chi connectivity index (χ4n) is 1.66. The van der Waals surface area contributed by atoms with Crippen molar-refractivity contribution in [3.8, 4) is 5.75 Å². The normalized spacial score (nSPS) is 15.5. The Morgan fingerprint density at radius 1 is 1.32 bits per heavy atom. The van der Waals surface area contributed by atoms with Crippen molar-refractivity contribution >= 4 is 11.4 Å². The lowest BCUT2D eigenvalue weighted by Crippen LogP contribution is -2.41. The summed E-state index contributed by atoms with van der Waals surface area (Å²) in [4.78, 5) is 0. The molecule has 0 heterocycles. The zero-order valence-corrected chi connectivity index (χ0v) is 13.4. The first-order valence-corrected chi connectivity index (χ1v) is 7.82. The minimum Gasteiger partial charge on any atom is -0.598 e. The molecule has 2 atom stereocenters. The molecule has 0 radical (unpaired) electrons. The Hall–Kier alpha value is -0.960. The van der Waals surface area contributed by atoms with Crippen LogP contribution in [0.4, 0.5) is 13.2 Å². The fourth-order valence-corrected chi connectivity index (χ4v) is 2.52. The van der Waals surface area contributed by atoms with E-state index in [1.165, 1.54) is 18.2 Å². The largest absolute Gasteiger partial charge is 0.598 e. The molecular formula is C14H20F3NO3S. The van der Waals surface area contributed by atoms with E-state index in [9.17, 15) is 17.7 Å². The molecule has 4 nitrogen and oxygen atoms in total. The highest BCUT2D eigenvalue weighted by Gasteiger charge is 2.32. The summed E-state index contributed by atoms with van der Waals surface area (Å²) < 4.78 is 55.1. The molecule has 22 heavy (non-hydrogen) atoms. The highest BCUT2D eigenvalue weighted by atomic mass is 32.2. The molecule has 126 valence electrons. The molecule has 1 rings (SSSR count). The molecular weight excluding hydrogens is 319 g/mol.